The summed E-state index contributed by atoms with van der Waals surface area (Å²) >= 11 is 3.64. The first-order valence-corrected chi connectivity index (χ1v) is 6.96. The van der Waals surface area contributed by atoms with E-state index in [9.17, 15) is 0 Å². The molecule has 1 aliphatic rings. The molecule has 1 aliphatic heterocycles. The Morgan fingerprint density at radius 1 is 1.37 bits per heavy atom. The summed E-state index contributed by atoms with van der Waals surface area (Å²) < 4.78 is 8.51. The van der Waals surface area contributed by atoms with Gasteiger partial charge in [0.05, 0.1) is 0 Å². The van der Waals surface area contributed by atoms with E-state index >= 15 is 0 Å². The number of halogens is 1. The van der Waals surface area contributed by atoms with Crippen LogP contribution in [0, 0.1) is 0 Å². The second-order valence-electron chi connectivity index (χ2n) is 4.54. The van der Waals surface area contributed by atoms with E-state index in [4.69, 9.17) is 4.42 Å². The molecule has 0 saturated carbocycles. The highest BCUT2D eigenvalue weighted by Crippen LogP contribution is 2.33. The molecule has 0 spiro atoms. The molecule has 3 aromatic rings. The van der Waals surface area contributed by atoms with Crippen LogP contribution in [0.2, 0.25) is 0 Å². The molecule has 0 atom stereocenters. The fourth-order valence-electron chi connectivity index (χ4n) is 2.40. The summed E-state index contributed by atoms with van der Waals surface area (Å²) in [7, 11) is 0. The second-order valence-corrected chi connectivity index (χ2v) is 5.29. The molecular weight excluding hydrogens is 308 g/mol. The summed E-state index contributed by atoms with van der Waals surface area (Å²) in [5, 5.41) is 3.31. The topological polar surface area (TPSA) is 55.9 Å². The molecule has 0 fully saturated rings. The first-order valence-electron chi connectivity index (χ1n) is 6.16. The second kappa shape index (κ2) is 4.09. The molecular formula is C13H11BrN4O. The Bertz CT molecular complexity index is 761. The van der Waals surface area contributed by atoms with Gasteiger partial charge in [0.1, 0.15) is 15.8 Å². The average molecular weight is 319 g/mol. The minimum absolute atomic E-state index is 0.781. The van der Waals surface area contributed by atoms with Gasteiger partial charge >= 0.3 is 0 Å². The van der Waals surface area contributed by atoms with Gasteiger partial charge in [0.25, 0.3) is 0 Å². The fraction of sp³-hybridized carbons (Fsp3) is 0.231. The molecule has 4 rings (SSSR count). The molecule has 0 amide bonds. The quantitative estimate of drug-likeness (QED) is 0.748. The molecule has 1 N–H and O–H groups in total. The van der Waals surface area contributed by atoms with E-state index in [1.54, 1.807) is 0 Å². The van der Waals surface area contributed by atoms with Gasteiger partial charge in [0, 0.05) is 18.7 Å². The zero-order valence-corrected chi connectivity index (χ0v) is 11.6. The highest BCUT2D eigenvalue weighted by molar-refractivity contribution is 9.10. The lowest BCUT2D eigenvalue weighted by Crippen LogP contribution is -2.17. The molecule has 0 radical (unpaired) electrons. The fourth-order valence-corrected chi connectivity index (χ4v) is 3.06. The van der Waals surface area contributed by atoms with Gasteiger partial charge in [-0.25, -0.2) is 9.97 Å². The lowest BCUT2D eigenvalue weighted by molar-refractivity contribution is 0.602. The average Bonchev–Trinajstić information content (AvgIpc) is 3.03. The van der Waals surface area contributed by atoms with Gasteiger partial charge in [-0.15, -0.1) is 0 Å². The number of nitrogens with zero attached hydrogens (tertiary/aromatic N) is 3. The summed E-state index contributed by atoms with van der Waals surface area (Å²) in [5.74, 6) is 0.922. The van der Waals surface area contributed by atoms with Crippen molar-refractivity contribution in [2.24, 2.45) is 0 Å². The number of rotatable bonds is 1. The maximum absolute atomic E-state index is 5.35. The van der Waals surface area contributed by atoms with Crippen molar-refractivity contribution in [3.8, 4) is 11.3 Å². The van der Waals surface area contributed by atoms with Gasteiger partial charge in [-0.3, -0.25) is 0 Å². The van der Waals surface area contributed by atoms with E-state index < -0.39 is 0 Å². The molecule has 0 aliphatic carbocycles. The summed E-state index contributed by atoms with van der Waals surface area (Å²) in [5.41, 5.74) is 3.60. The number of benzene rings is 1. The van der Waals surface area contributed by atoms with Crippen LogP contribution in [0.1, 0.15) is 6.42 Å². The first-order chi connectivity index (χ1) is 9.33. The van der Waals surface area contributed by atoms with Crippen molar-refractivity contribution >= 4 is 33.0 Å². The van der Waals surface area contributed by atoms with Crippen LogP contribution in [0.15, 0.2) is 33.6 Å². The highest BCUT2D eigenvalue weighted by atomic mass is 79.9. The van der Waals surface area contributed by atoms with Gasteiger partial charge < -0.3 is 14.3 Å². The molecule has 5 nitrogen and oxygen atoms in total. The maximum atomic E-state index is 5.35. The number of nitrogens with one attached hydrogen (secondary N) is 1. The standard InChI is InChI=1S/C13H11BrN4O/c14-12-11(17-13-15-4-1-5-18(12)13)8-2-3-9-10(6-8)19-7-16-9/h2-3,6-7H,1,4-5H2,(H,15,17). The lowest BCUT2D eigenvalue weighted by atomic mass is 10.1. The van der Waals surface area contributed by atoms with E-state index in [-0.39, 0.29) is 0 Å². The van der Waals surface area contributed by atoms with E-state index in [0.29, 0.717) is 0 Å². The molecule has 2 aromatic heterocycles. The van der Waals surface area contributed by atoms with Crippen LogP contribution in [0.25, 0.3) is 22.4 Å². The van der Waals surface area contributed by atoms with Gasteiger partial charge in [-0.1, -0.05) is 6.07 Å². The van der Waals surface area contributed by atoms with Crippen molar-refractivity contribution in [1.29, 1.82) is 0 Å². The lowest BCUT2D eigenvalue weighted by Gasteiger charge is -2.15. The predicted octanol–water partition coefficient (Wildman–Crippen LogP) is 3.27. The third-order valence-corrected chi connectivity index (χ3v) is 4.16. The SMILES string of the molecule is Brc1c(-c2ccc3ncoc3c2)nc2n1CCCN2. The number of aromatic nitrogens is 3. The van der Waals surface area contributed by atoms with Gasteiger partial charge in [0.15, 0.2) is 12.0 Å². The van der Waals surface area contributed by atoms with Crippen LogP contribution in [0.4, 0.5) is 5.95 Å². The number of hydrogen-bond acceptors (Lipinski definition) is 4. The van der Waals surface area contributed by atoms with E-state index in [0.717, 1.165) is 52.4 Å². The minimum Gasteiger partial charge on any atom is -0.443 e. The third-order valence-electron chi connectivity index (χ3n) is 3.35. The first kappa shape index (κ1) is 11.0. The Morgan fingerprint density at radius 3 is 3.21 bits per heavy atom. The van der Waals surface area contributed by atoms with Crippen LogP contribution < -0.4 is 5.32 Å². The van der Waals surface area contributed by atoms with Crippen molar-refractivity contribution < 1.29 is 4.42 Å². The van der Waals surface area contributed by atoms with Crippen LogP contribution >= 0.6 is 15.9 Å². The zero-order valence-electron chi connectivity index (χ0n) is 10.1. The molecule has 1 aromatic carbocycles. The maximum Gasteiger partial charge on any atom is 0.204 e. The molecule has 6 heteroatoms. The Kier molecular flexibility index (Phi) is 2.38. The number of hydrogen-bond donors (Lipinski definition) is 1. The molecule has 0 saturated heterocycles. The van der Waals surface area contributed by atoms with Crippen molar-refractivity contribution in [1.82, 2.24) is 14.5 Å². The number of oxazole rings is 1. The van der Waals surface area contributed by atoms with Gasteiger partial charge in [0.2, 0.25) is 5.95 Å². The molecule has 96 valence electrons. The monoisotopic (exact) mass is 318 g/mol. The molecule has 3 heterocycles. The smallest absolute Gasteiger partial charge is 0.204 e. The largest absolute Gasteiger partial charge is 0.443 e. The summed E-state index contributed by atoms with van der Waals surface area (Å²) in [6.45, 7) is 1.96. The number of fused-ring (bicyclic) bond motifs is 2. The molecule has 0 bridgehead atoms. The van der Waals surface area contributed by atoms with Gasteiger partial charge in [-0.2, -0.15) is 0 Å². The van der Waals surface area contributed by atoms with Crippen molar-refractivity contribution in [3.63, 3.8) is 0 Å². The normalized spacial score (nSPS) is 14.4. The Morgan fingerprint density at radius 2 is 2.32 bits per heavy atom. The van der Waals surface area contributed by atoms with Crippen LogP contribution in [-0.2, 0) is 6.54 Å². The van der Waals surface area contributed by atoms with Crippen LogP contribution in [0.5, 0.6) is 0 Å². The van der Waals surface area contributed by atoms with Crippen molar-refractivity contribution in [3.05, 3.63) is 29.2 Å². The van der Waals surface area contributed by atoms with Crippen molar-refractivity contribution in [2.45, 2.75) is 13.0 Å². The van der Waals surface area contributed by atoms with E-state index in [1.807, 2.05) is 18.2 Å². The van der Waals surface area contributed by atoms with Gasteiger partial charge in [-0.05, 0) is 34.5 Å². The Hall–Kier alpha value is -1.82. The Labute approximate surface area is 117 Å². The number of imidazole rings is 1. The van der Waals surface area contributed by atoms with Crippen LogP contribution in [0.3, 0.4) is 0 Å². The van der Waals surface area contributed by atoms with E-state index in [1.165, 1.54) is 6.39 Å². The Balaban J connectivity index is 1.89. The zero-order chi connectivity index (χ0) is 12.8. The molecule has 0 unspecified atom stereocenters. The third kappa shape index (κ3) is 1.67. The highest BCUT2D eigenvalue weighted by Gasteiger charge is 2.19. The summed E-state index contributed by atoms with van der Waals surface area (Å²) in [4.78, 5) is 8.78. The van der Waals surface area contributed by atoms with E-state index in [2.05, 4.69) is 35.8 Å². The predicted molar refractivity (Wildman–Crippen MR) is 76.0 cm³/mol. The van der Waals surface area contributed by atoms with Crippen molar-refractivity contribution in [2.75, 3.05) is 11.9 Å². The molecule has 19 heavy (non-hydrogen) atoms. The van der Waals surface area contributed by atoms with Crippen LogP contribution in [-0.4, -0.2) is 21.1 Å². The summed E-state index contributed by atoms with van der Waals surface area (Å²) in [6, 6.07) is 5.94. The number of anilines is 1. The summed E-state index contributed by atoms with van der Waals surface area (Å²) in [6.07, 6.45) is 2.58. The minimum atomic E-state index is 0.781.